The molecule has 0 heterocycles. The van der Waals surface area contributed by atoms with Crippen LogP contribution in [0.2, 0.25) is 10.0 Å². The molecule has 7 heteroatoms. The third-order valence-electron chi connectivity index (χ3n) is 3.78. The molecule has 3 rings (SSSR count). The van der Waals surface area contributed by atoms with Crippen LogP contribution in [-0.2, 0) is 0 Å². The van der Waals surface area contributed by atoms with Crippen LogP contribution in [0.25, 0.3) is 0 Å². The average molecular weight is 400 g/mol. The molecule has 0 bridgehead atoms. The first-order chi connectivity index (χ1) is 12.9. The number of amides is 2. The van der Waals surface area contributed by atoms with Crippen LogP contribution >= 0.6 is 23.2 Å². The zero-order valence-corrected chi connectivity index (χ0v) is 15.5. The van der Waals surface area contributed by atoms with Crippen LogP contribution < -0.4 is 16.4 Å². The van der Waals surface area contributed by atoms with E-state index in [1.165, 1.54) is 12.1 Å². The maximum Gasteiger partial charge on any atom is 0.255 e. The van der Waals surface area contributed by atoms with Crippen molar-refractivity contribution in [3.05, 3.63) is 87.9 Å². The van der Waals surface area contributed by atoms with E-state index in [2.05, 4.69) is 10.6 Å². The molecule has 0 radical (unpaired) electrons. The zero-order chi connectivity index (χ0) is 19.4. The highest BCUT2D eigenvalue weighted by Gasteiger charge is 2.11. The van der Waals surface area contributed by atoms with Gasteiger partial charge in [0, 0.05) is 22.5 Å². The van der Waals surface area contributed by atoms with Gasteiger partial charge in [-0.15, -0.1) is 0 Å². The van der Waals surface area contributed by atoms with Crippen molar-refractivity contribution in [1.29, 1.82) is 0 Å². The van der Waals surface area contributed by atoms with Crippen molar-refractivity contribution in [2.24, 2.45) is 0 Å². The van der Waals surface area contributed by atoms with Gasteiger partial charge in [0.25, 0.3) is 11.8 Å². The minimum atomic E-state index is -0.340. The molecule has 4 N–H and O–H groups in total. The molecule has 0 aromatic heterocycles. The third kappa shape index (κ3) is 4.58. The van der Waals surface area contributed by atoms with Gasteiger partial charge in [0.15, 0.2) is 0 Å². The van der Waals surface area contributed by atoms with Crippen molar-refractivity contribution >= 4 is 52.1 Å². The second-order valence-corrected chi connectivity index (χ2v) is 6.52. The zero-order valence-electron chi connectivity index (χ0n) is 14.0. The maximum atomic E-state index is 12.4. The lowest BCUT2D eigenvalue weighted by Gasteiger charge is -2.09. The van der Waals surface area contributed by atoms with E-state index >= 15 is 0 Å². The summed E-state index contributed by atoms with van der Waals surface area (Å²) in [5, 5.41) is 6.00. The predicted octanol–water partition coefficient (Wildman–Crippen LogP) is 5.08. The van der Waals surface area contributed by atoms with Gasteiger partial charge in [0.2, 0.25) is 0 Å². The number of hydrogen-bond donors (Lipinski definition) is 3. The molecule has 0 aliphatic carbocycles. The number of rotatable bonds is 4. The highest BCUT2D eigenvalue weighted by molar-refractivity contribution is 6.39. The van der Waals surface area contributed by atoms with Gasteiger partial charge in [-0.3, -0.25) is 9.59 Å². The topological polar surface area (TPSA) is 84.2 Å². The summed E-state index contributed by atoms with van der Waals surface area (Å²) >= 11 is 11.9. The Hall–Kier alpha value is -3.02. The van der Waals surface area contributed by atoms with E-state index in [0.29, 0.717) is 22.5 Å². The Morgan fingerprint density at radius 2 is 1.19 bits per heavy atom. The van der Waals surface area contributed by atoms with E-state index in [0.717, 1.165) is 0 Å². The van der Waals surface area contributed by atoms with Crippen LogP contribution in [0.1, 0.15) is 20.7 Å². The summed E-state index contributed by atoms with van der Waals surface area (Å²) in [4.78, 5) is 24.5. The van der Waals surface area contributed by atoms with Crippen molar-refractivity contribution < 1.29 is 9.59 Å². The Morgan fingerprint density at radius 1 is 0.704 bits per heavy atom. The van der Waals surface area contributed by atoms with Crippen LogP contribution in [0.5, 0.6) is 0 Å². The summed E-state index contributed by atoms with van der Waals surface area (Å²) < 4.78 is 0. The fourth-order valence-electron chi connectivity index (χ4n) is 2.36. The minimum Gasteiger partial charge on any atom is -0.396 e. The second kappa shape index (κ2) is 8.12. The lowest BCUT2D eigenvalue weighted by molar-refractivity contribution is 0.102. The Balaban J connectivity index is 1.68. The van der Waals surface area contributed by atoms with Crippen molar-refractivity contribution in [3.8, 4) is 0 Å². The van der Waals surface area contributed by atoms with Crippen LogP contribution in [0.4, 0.5) is 17.1 Å². The first-order valence-electron chi connectivity index (χ1n) is 7.96. The molecule has 0 saturated heterocycles. The van der Waals surface area contributed by atoms with Crippen LogP contribution in [0, 0.1) is 0 Å². The van der Waals surface area contributed by atoms with Crippen LogP contribution in [-0.4, -0.2) is 11.8 Å². The van der Waals surface area contributed by atoms with Gasteiger partial charge in [0.1, 0.15) is 0 Å². The number of nitrogens with one attached hydrogen (secondary N) is 2. The van der Waals surface area contributed by atoms with Crippen LogP contribution in [0.15, 0.2) is 66.7 Å². The molecule has 0 spiro atoms. The summed E-state index contributed by atoms with van der Waals surface area (Å²) in [6, 6.07) is 18.4. The molecule has 0 aliphatic rings. The smallest absolute Gasteiger partial charge is 0.255 e. The van der Waals surface area contributed by atoms with E-state index in [1.54, 1.807) is 48.5 Å². The summed E-state index contributed by atoms with van der Waals surface area (Å²) in [5.74, 6) is -0.563. The van der Waals surface area contributed by atoms with Gasteiger partial charge in [-0.25, -0.2) is 0 Å². The molecule has 3 aromatic carbocycles. The van der Waals surface area contributed by atoms with Gasteiger partial charge in [-0.05, 0) is 48.5 Å². The van der Waals surface area contributed by atoms with E-state index in [9.17, 15) is 9.59 Å². The van der Waals surface area contributed by atoms with Crippen molar-refractivity contribution in [1.82, 2.24) is 0 Å². The van der Waals surface area contributed by atoms with Gasteiger partial charge in [-0.1, -0.05) is 41.4 Å². The quantitative estimate of drug-likeness (QED) is 0.534. The molecule has 0 fully saturated rings. The summed E-state index contributed by atoms with van der Waals surface area (Å²) in [6.07, 6.45) is 0. The Morgan fingerprint density at radius 3 is 1.74 bits per heavy atom. The van der Waals surface area contributed by atoms with E-state index in [4.69, 9.17) is 28.9 Å². The van der Waals surface area contributed by atoms with E-state index in [-0.39, 0.29) is 27.5 Å². The standard InChI is InChI=1S/C20H15Cl2N3O2/c21-16-10-15(11-17(22)18(16)23)25-20(27)13-6-8-14(9-7-13)24-19(26)12-4-2-1-3-5-12/h1-11H,23H2,(H,24,26)(H,25,27). The number of carbonyl (C=O) groups excluding carboxylic acids is 2. The van der Waals surface area contributed by atoms with Gasteiger partial charge < -0.3 is 16.4 Å². The third-order valence-corrected chi connectivity index (χ3v) is 4.40. The second-order valence-electron chi connectivity index (χ2n) is 5.71. The van der Waals surface area contributed by atoms with Crippen molar-refractivity contribution in [2.45, 2.75) is 0 Å². The number of hydrogen-bond acceptors (Lipinski definition) is 3. The van der Waals surface area contributed by atoms with Gasteiger partial charge >= 0.3 is 0 Å². The molecule has 0 unspecified atom stereocenters. The van der Waals surface area contributed by atoms with Gasteiger partial charge in [0.05, 0.1) is 15.7 Å². The fraction of sp³-hybridized carbons (Fsp3) is 0. The molecule has 2 amide bonds. The normalized spacial score (nSPS) is 10.3. The summed E-state index contributed by atoms with van der Waals surface area (Å²) in [7, 11) is 0. The number of benzene rings is 3. The van der Waals surface area contributed by atoms with Crippen molar-refractivity contribution in [2.75, 3.05) is 16.4 Å². The Kier molecular flexibility index (Phi) is 5.64. The maximum absolute atomic E-state index is 12.4. The minimum absolute atomic E-state index is 0.223. The predicted molar refractivity (Wildman–Crippen MR) is 110 cm³/mol. The highest BCUT2D eigenvalue weighted by Crippen LogP contribution is 2.31. The largest absolute Gasteiger partial charge is 0.396 e. The number of nitrogens with two attached hydrogens (primary N) is 1. The monoisotopic (exact) mass is 399 g/mol. The van der Waals surface area contributed by atoms with Gasteiger partial charge in [-0.2, -0.15) is 0 Å². The van der Waals surface area contributed by atoms with Crippen LogP contribution in [0.3, 0.4) is 0 Å². The molecule has 136 valence electrons. The molecule has 27 heavy (non-hydrogen) atoms. The Labute approximate surface area is 166 Å². The summed E-state index contributed by atoms with van der Waals surface area (Å²) in [6.45, 7) is 0. The molecule has 3 aromatic rings. The van der Waals surface area contributed by atoms with E-state index in [1.807, 2.05) is 6.07 Å². The molecule has 0 atom stereocenters. The Bertz CT molecular complexity index is 967. The number of halogens is 2. The number of carbonyl (C=O) groups is 2. The lowest BCUT2D eigenvalue weighted by Crippen LogP contribution is -2.13. The molecule has 0 saturated carbocycles. The molecule has 0 aliphatic heterocycles. The first-order valence-corrected chi connectivity index (χ1v) is 8.72. The van der Waals surface area contributed by atoms with E-state index < -0.39 is 0 Å². The first kappa shape index (κ1) is 18.8. The lowest BCUT2D eigenvalue weighted by atomic mass is 10.1. The summed E-state index contributed by atoms with van der Waals surface area (Å²) in [5.41, 5.74) is 7.92. The number of nitrogen functional groups attached to an aromatic ring is 1. The number of anilines is 3. The molecule has 5 nitrogen and oxygen atoms in total. The SMILES string of the molecule is Nc1c(Cl)cc(NC(=O)c2ccc(NC(=O)c3ccccc3)cc2)cc1Cl. The van der Waals surface area contributed by atoms with Crippen molar-refractivity contribution in [3.63, 3.8) is 0 Å². The highest BCUT2D eigenvalue weighted by atomic mass is 35.5. The average Bonchev–Trinajstić information content (AvgIpc) is 2.67. The molecular weight excluding hydrogens is 385 g/mol. The molecular formula is C20H15Cl2N3O2. The fourth-order valence-corrected chi connectivity index (χ4v) is 2.84.